The smallest absolute Gasteiger partial charge is 0.254 e. The second kappa shape index (κ2) is 15.5. The Morgan fingerprint density at radius 1 is 1.20 bits per heavy atom. The molecule has 13 atom stereocenters. The molecule has 3 fully saturated rings. The van der Waals surface area contributed by atoms with Crippen molar-refractivity contribution in [3.8, 4) is 0 Å². The maximum Gasteiger partial charge on any atom is 0.254 e. The summed E-state index contributed by atoms with van der Waals surface area (Å²) >= 11 is 0. The van der Waals surface area contributed by atoms with Gasteiger partial charge in [0.1, 0.15) is 30.2 Å². The highest BCUT2D eigenvalue weighted by Gasteiger charge is 2.61. The van der Waals surface area contributed by atoms with Crippen LogP contribution in [-0.2, 0) is 23.7 Å². The Morgan fingerprint density at radius 2 is 1.91 bits per heavy atom. The molecule has 0 radical (unpaired) electrons. The van der Waals surface area contributed by atoms with Crippen LogP contribution in [0.25, 0.3) is 0 Å². The van der Waals surface area contributed by atoms with E-state index in [9.17, 15) is 30.3 Å². The van der Waals surface area contributed by atoms with Crippen LogP contribution in [0.5, 0.6) is 0 Å². The first kappa shape index (κ1) is 36.2. The van der Waals surface area contributed by atoms with E-state index in [1.54, 1.807) is 13.1 Å². The molecule has 19 nitrogen and oxygen atoms in total. The van der Waals surface area contributed by atoms with Crippen LogP contribution >= 0.6 is 0 Å². The van der Waals surface area contributed by atoms with E-state index < -0.39 is 91.4 Å². The minimum absolute atomic E-state index is 0.00744. The van der Waals surface area contributed by atoms with Crippen LogP contribution in [0.1, 0.15) is 19.3 Å². The number of hydrogen-bond acceptors (Lipinski definition) is 16. The molecular formula is C27H48N8O11. The standard InChI is InChI=1S/C27H48N8O11/c1-32-18-11(8-36)10-43-24(19(18)39)46-22-16(34-25(41)27(42)5-17(27)35-26(30)31)4-15(29)21(20(22)40)45-23-14(28)3-2-13(44-23)7-33-6-12(38)9-37/h2,8,12,14-24,32-33,36-40,42H,3-7,9-10,28-29H2,1H3,(H,34,41)(H4,30,31,35)/b11-8-/t12?,14-,15+,16-,17?,18+,19-,20+,21?,22+,23-,24-,27?/m1/s1. The second-order valence-corrected chi connectivity index (χ2v) is 12.0. The zero-order valence-electron chi connectivity index (χ0n) is 25.5. The molecule has 1 saturated heterocycles. The zero-order chi connectivity index (χ0) is 33.8. The SMILES string of the molecule is CN[C@H]1/C(=C\O)CO[C@H](O[C@H]2[C@H](NC(=O)C3(O)CC3N=C(N)N)C[C@H](N)C(O[C@H]3OC(CNCC(O)CO)=CC[C@H]3N)[C@@H]2O)[C@@H]1O. The van der Waals surface area contributed by atoms with Gasteiger partial charge in [0.25, 0.3) is 5.91 Å². The third-order valence-corrected chi connectivity index (χ3v) is 8.55. The number of carbonyl (C=O) groups excluding carboxylic acids is 1. The predicted octanol–water partition coefficient (Wildman–Crippen LogP) is -6.24. The summed E-state index contributed by atoms with van der Waals surface area (Å²) in [7, 11) is 1.57. The van der Waals surface area contributed by atoms with Gasteiger partial charge in [-0.25, -0.2) is 4.99 Å². The van der Waals surface area contributed by atoms with Gasteiger partial charge in [-0.15, -0.1) is 0 Å². The van der Waals surface area contributed by atoms with Gasteiger partial charge in [0, 0.05) is 24.6 Å². The Morgan fingerprint density at radius 3 is 2.57 bits per heavy atom. The summed E-state index contributed by atoms with van der Waals surface area (Å²) in [6, 6.07) is -4.13. The monoisotopic (exact) mass is 660 g/mol. The molecule has 4 unspecified atom stereocenters. The van der Waals surface area contributed by atoms with E-state index >= 15 is 0 Å². The van der Waals surface area contributed by atoms with Gasteiger partial charge in [-0.05, 0) is 26.0 Å². The van der Waals surface area contributed by atoms with Crippen LogP contribution in [0.3, 0.4) is 0 Å². The summed E-state index contributed by atoms with van der Waals surface area (Å²) in [5, 5.41) is 70.1. The quantitative estimate of drug-likeness (QED) is 0.0496. The Kier molecular flexibility index (Phi) is 12.2. The number of likely N-dealkylation sites (N-methyl/N-ethyl adjacent to an activating group) is 1. The number of ether oxygens (including phenoxy) is 4. The first-order chi connectivity index (χ1) is 21.8. The highest BCUT2D eigenvalue weighted by molar-refractivity contribution is 5.90. The van der Waals surface area contributed by atoms with E-state index in [0.717, 1.165) is 6.26 Å². The maximum atomic E-state index is 13.2. The molecule has 2 saturated carbocycles. The predicted molar refractivity (Wildman–Crippen MR) is 160 cm³/mol. The average molecular weight is 661 g/mol. The van der Waals surface area contributed by atoms with Crippen molar-refractivity contribution in [2.45, 2.75) is 98.2 Å². The second-order valence-electron chi connectivity index (χ2n) is 12.0. The highest BCUT2D eigenvalue weighted by Crippen LogP contribution is 2.40. The Hall–Kier alpha value is -2.66. The largest absolute Gasteiger partial charge is 0.515 e. The van der Waals surface area contributed by atoms with Gasteiger partial charge in [0.15, 0.2) is 17.9 Å². The van der Waals surface area contributed by atoms with E-state index in [0.29, 0.717) is 17.8 Å². The lowest BCUT2D eigenvalue weighted by molar-refractivity contribution is -0.275. The fourth-order valence-corrected chi connectivity index (χ4v) is 5.82. The van der Waals surface area contributed by atoms with E-state index in [-0.39, 0.29) is 38.5 Å². The molecule has 262 valence electrons. The third-order valence-electron chi connectivity index (χ3n) is 8.55. The van der Waals surface area contributed by atoms with Crippen LogP contribution in [-0.4, -0.2) is 155 Å². The van der Waals surface area contributed by atoms with E-state index in [1.807, 2.05) is 0 Å². The number of nitrogens with zero attached hydrogens (tertiary/aromatic N) is 1. The summed E-state index contributed by atoms with van der Waals surface area (Å²) in [6.07, 6.45) is -5.69. The molecule has 0 bridgehead atoms. The van der Waals surface area contributed by atoms with Gasteiger partial charge >= 0.3 is 0 Å². The summed E-state index contributed by atoms with van der Waals surface area (Å²) in [4.78, 5) is 17.0. The summed E-state index contributed by atoms with van der Waals surface area (Å²) in [5.41, 5.74) is 22.0. The number of carbonyl (C=O) groups is 1. The van der Waals surface area contributed by atoms with Crippen molar-refractivity contribution < 1.29 is 54.4 Å². The average Bonchev–Trinajstić information content (AvgIpc) is 3.67. The van der Waals surface area contributed by atoms with Gasteiger partial charge in [-0.2, -0.15) is 0 Å². The van der Waals surface area contributed by atoms with Crippen molar-refractivity contribution in [3.63, 3.8) is 0 Å². The number of aliphatic imine (C=N–C) groups is 1. The van der Waals surface area contributed by atoms with E-state index in [4.69, 9.17) is 47.0 Å². The number of guanidine groups is 1. The number of nitrogens with one attached hydrogen (secondary N) is 3. The van der Waals surface area contributed by atoms with Crippen molar-refractivity contribution in [2.24, 2.45) is 27.9 Å². The van der Waals surface area contributed by atoms with Crippen molar-refractivity contribution >= 4 is 11.9 Å². The molecule has 2 aliphatic carbocycles. The Bertz CT molecular complexity index is 1140. The fourth-order valence-electron chi connectivity index (χ4n) is 5.82. The topological polar surface area (TPSA) is 328 Å². The molecule has 17 N–H and O–H groups in total. The van der Waals surface area contributed by atoms with Crippen LogP contribution < -0.4 is 38.9 Å². The molecule has 4 aliphatic rings. The number of aliphatic hydroxyl groups is 6. The van der Waals surface area contributed by atoms with Crippen molar-refractivity contribution in [1.82, 2.24) is 16.0 Å². The molecule has 0 aromatic carbocycles. The van der Waals surface area contributed by atoms with E-state index in [2.05, 4.69) is 20.9 Å². The molecule has 19 heteroatoms. The molecule has 0 aromatic rings. The minimum Gasteiger partial charge on any atom is -0.515 e. The van der Waals surface area contributed by atoms with Crippen LogP contribution in [0.15, 0.2) is 28.7 Å². The van der Waals surface area contributed by atoms with Crippen LogP contribution in [0, 0.1) is 0 Å². The summed E-state index contributed by atoms with van der Waals surface area (Å²) < 4.78 is 23.8. The zero-order valence-corrected chi connectivity index (χ0v) is 25.5. The first-order valence-electron chi connectivity index (χ1n) is 15.1. The summed E-state index contributed by atoms with van der Waals surface area (Å²) in [6.45, 7) is -0.180. The number of aliphatic hydroxyl groups excluding tert-OH is 5. The van der Waals surface area contributed by atoms with E-state index in [1.165, 1.54) is 0 Å². The van der Waals surface area contributed by atoms with Gasteiger partial charge in [0.05, 0.1) is 56.3 Å². The number of nitrogens with two attached hydrogens (primary N) is 4. The molecule has 2 aliphatic heterocycles. The molecule has 46 heavy (non-hydrogen) atoms. The Balaban J connectivity index is 1.50. The highest BCUT2D eigenvalue weighted by atomic mass is 16.7. The minimum atomic E-state index is -1.89. The molecule has 1 amide bonds. The molecule has 2 heterocycles. The molecular weight excluding hydrogens is 612 g/mol. The number of hydrogen-bond donors (Lipinski definition) is 13. The van der Waals surface area contributed by atoms with Crippen molar-refractivity contribution in [1.29, 1.82) is 0 Å². The lowest BCUT2D eigenvalue weighted by Gasteiger charge is -2.47. The van der Waals surface area contributed by atoms with Gasteiger partial charge in [-0.1, -0.05) is 0 Å². The van der Waals surface area contributed by atoms with Crippen LogP contribution in [0.4, 0.5) is 0 Å². The van der Waals surface area contributed by atoms with Gasteiger partial charge in [0.2, 0.25) is 6.29 Å². The lowest BCUT2D eigenvalue weighted by Crippen LogP contribution is -2.67. The first-order valence-corrected chi connectivity index (χ1v) is 15.1. The number of rotatable bonds is 13. The fraction of sp³-hybridized carbons (Fsp3) is 0.778. The van der Waals surface area contributed by atoms with Crippen molar-refractivity contribution in [2.75, 3.05) is 33.4 Å². The molecule has 4 rings (SSSR count). The number of amides is 1. The lowest BCUT2D eigenvalue weighted by atomic mass is 9.83. The van der Waals surface area contributed by atoms with Crippen molar-refractivity contribution in [3.05, 3.63) is 23.7 Å². The van der Waals surface area contributed by atoms with Gasteiger partial charge in [-0.3, -0.25) is 4.79 Å². The molecule has 0 aromatic heterocycles. The Labute approximate surface area is 265 Å². The normalized spacial score (nSPS) is 40.8. The van der Waals surface area contributed by atoms with Gasteiger partial charge < -0.3 is 88.5 Å². The summed E-state index contributed by atoms with van der Waals surface area (Å²) in [5.74, 6) is -0.635. The third kappa shape index (κ3) is 8.24. The maximum absolute atomic E-state index is 13.2. The van der Waals surface area contributed by atoms with Crippen LogP contribution in [0.2, 0.25) is 0 Å². The molecule has 0 spiro atoms.